The zero-order valence-electron chi connectivity index (χ0n) is 6.20. The molecule has 0 aliphatic heterocycles. The van der Waals surface area contributed by atoms with Crippen LogP contribution < -0.4 is 0 Å². The highest BCUT2D eigenvalue weighted by atomic mass is 79.9. The van der Waals surface area contributed by atoms with Gasteiger partial charge in [0.2, 0.25) is 0 Å². The second kappa shape index (κ2) is 2.68. The average molecular weight is 227 g/mol. The number of alkyl halides is 1. The van der Waals surface area contributed by atoms with Crippen LogP contribution in [0.5, 0.6) is 0 Å². The van der Waals surface area contributed by atoms with Gasteiger partial charge in [0.1, 0.15) is 6.10 Å². The van der Waals surface area contributed by atoms with Gasteiger partial charge in [-0.05, 0) is 5.56 Å². The van der Waals surface area contributed by atoms with Gasteiger partial charge in [-0.15, -0.1) is 0 Å². The highest BCUT2D eigenvalue weighted by Gasteiger charge is 2.36. The van der Waals surface area contributed by atoms with Gasteiger partial charge < -0.3 is 5.11 Å². The molecule has 12 heavy (non-hydrogen) atoms. The Morgan fingerprint density at radius 1 is 1.33 bits per heavy atom. The summed E-state index contributed by atoms with van der Waals surface area (Å²) in [6.45, 7) is 0. The van der Waals surface area contributed by atoms with Crippen LogP contribution in [-0.4, -0.2) is 17.0 Å². The summed E-state index contributed by atoms with van der Waals surface area (Å²) in [4.78, 5) is 11.1. The van der Waals surface area contributed by atoms with E-state index in [1.807, 2.05) is 12.1 Å². The maximum atomic E-state index is 11.3. The molecule has 0 saturated carbocycles. The van der Waals surface area contributed by atoms with E-state index >= 15 is 0 Å². The first-order valence-corrected chi connectivity index (χ1v) is 4.58. The van der Waals surface area contributed by atoms with Crippen LogP contribution in [0.1, 0.15) is 20.7 Å². The largest absolute Gasteiger partial charge is 0.383 e. The Hall–Kier alpha value is -0.670. The summed E-state index contributed by atoms with van der Waals surface area (Å²) in [7, 11) is 0. The number of ketones is 1. The van der Waals surface area contributed by atoms with Crippen LogP contribution in [-0.2, 0) is 0 Å². The van der Waals surface area contributed by atoms with E-state index in [9.17, 15) is 9.90 Å². The molecular formula is C9H7BrO2. The van der Waals surface area contributed by atoms with Crippen LogP contribution in [0.15, 0.2) is 24.3 Å². The number of rotatable bonds is 0. The molecule has 1 aliphatic carbocycles. The third-order valence-electron chi connectivity index (χ3n) is 2.07. The molecule has 2 unspecified atom stereocenters. The van der Waals surface area contributed by atoms with E-state index in [0.29, 0.717) is 5.56 Å². The molecule has 2 nitrogen and oxygen atoms in total. The maximum absolute atomic E-state index is 11.3. The molecule has 3 heteroatoms. The highest BCUT2D eigenvalue weighted by Crippen LogP contribution is 2.37. The number of carbonyl (C=O) groups is 1. The number of fused-ring (bicyclic) bond motifs is 1. The SMILES string of the molecule is O=C1c2ccccc2C(Br)C1O. The quantitative estimate of drug-likeness (QED) is 0.684. The molecule has 0 aromatic heterocycles. The van der Waals surface area contributed by atoms with Gasteiger partial charge in [0.05, 0.1) is 4.83 Å². The summed E-state index contributed by atoms with van der Waals surface area (Å²) < 4.78 is 0. The predicted molar refractivity (Wildman–Crippen MR) is 48.4 cm³/mol. The molecule has 2 rings (SSSR count). The molecule has 1 aromatic carbocycles. The van der Waals surface area contributed by atoms with Crippen LogP contribution in [0, 0.1) is 0 Å². The fourth-order valence-corrected chi connectivity index (χ4v) is 2.06. The van der Waals surface area contributed by atoms with Crippen molar-refractivity contribution < 1.29 is 9.90 Å². The summed E-state index contributed by atoms with van der Waals surface area (Å²) in [5.41, 5.74) is 1.52. The first-order chi connectivity index (χ1) is 5.72. The van der Waals surface area contributed by atoms with Crippen LogP contribution in [0.3, 0.4) is 0 Å². The Morgan fingerprint density at radius 2 is 2.00 bits per heavy atom. The predicted octanol–water partition coefficient (Wildman–Crippen LogP) is 1.68. The number of hydrogen-bond acceptors (Lipinski definition) is 2. The second-order valence-corrected chi connectivity index (χ2v) is 3.78. The van der Waals surface area contributed by atoms with Crippen molar-refractivity contribution in [2.45, 2.75) is 10.9 Å². The second-order valence-electron chi connectivity index (χ2n) is 2.80. The van der Waals surface area contributed by atoms with E-state index in [1.54, 1.807) is 12.1 Å². The van der Waals surface area contributed by atoms with E-state index in [0.717, 1.165) is 5.56 Å². The van der Waals surface area contributed by atoms with Crippen LogP contribution >= 0.6 is 15.9 Å². The Bertz CT molecular complexity index is 335. The molecule has 62 valence electrons. The molecule has 2 atom stereocenters. The molecular weight excluding hydrogens is 220 g/mol. The van der Waals surface area contributed by atoms with Crippen molar-refractivity contribution in [2.75, 3.05) is 0 Å². The minimum atomic E-state index is -0.914. The third-order valence-corrected chi connectivity index (χ3v) is 3.06. The number of aliphatic hydroxyl groups is 1. The van der Waals surface area contributed by atoms with Crippen molar-refractivity contribution in [1.82, 2.24) is 0 Å². The highest BCUT2D eigenvalue weighted by molar-refractivity contribution is 9.09. The summed E-state index contributed by atoms with van der Waals surface area (Å²) in [5.74, 6) is -0.188. The van der Waals surface area contributed by atoms with Gasteiger partial charge in [0, 0.05) is 5.56 Å². The van der Waals surface area contributed by atoms with E-state index in [2.05, 4.69) is 15.9 Å². The van der Waals surface area contributed by atoms with Gasteiger partial charge >= 0.3 is 0 Å². The molecule has 0 fully saturated rings. The van der Waals surface area contributed by atoms with Crippen molar-refractivity contribution in [3.63, 3.8) is 0 Å². The van der Waals surface area contributed by atoms with E-state index in [1.165, 1.54) is 0 Å². The van der Waals surface area contributed by atoms with Crippen molar-refractivity contribution in [1.29, 1.82) is 0 Å². The normalized spacial score (nSPS) is 27.3. The van der Waals surface area contributed by atoms with Crippen molar-refractivity contribution in [3.8, 4) is 0 Å². The van der Waals surface area contributed by atoms with E-state index in [-0.39, 0.29) is 10.6 Å². The molecule has 0 bridgehead atoms. The number of halogens is 1. The maximum Gasteiger partial charge on any atom is 0.193 e. The average Bonchev–Trinajstić information content (AvgIpc) is 2.33. The monoisotopic (exact) mass is 226 g/mol. The number of benzene rings is 1. The van der Waals surface area contributed by atoms with Gasteiger partial charge in [-0.3, -0.25) is 4.79 Å². The minimum Gasteiger partial charge on any atom is -0.383 e. The number of aliphatic hydroxyl groups excluding tert-OH is 1. The van der Waals surface area contributed by atoms with Gasteiger partial charge in [-0.25, -0.2) is 0 Å². The summed E-state index contributed by atoms with van der Waals surface area (Å²) >= 11 is 3.27. The van der Waals surface area contributed by atoms with Crippen molar-refractivity contribution in [2.24, 2.45) is 0 Å². The summed E-state index contributed by atoms with van der Waals surface area (Å²) in [6.07, 6.45) is -0.914. The molecule has 1 aliphatic rings. The van der Waals surface area contributed by atoms with Crippen LogP contribution in [0.2, 0.25) is 0 Å². The smallest absolute Gasteiger partial charge is 0.193 e. The van der Waals surface area contributed by atoms with Crippen molar-refractivity contribution >= 4 is 21.7 Å². The molecule has 0 spiro atoms. The standard InChI is InChI=1S/C9H7BrO2/c10-7-5-3-1-2-4-6(5)8(11)9(7)12/h1-4,7,9,12H. The van der Waals surface area contributed by atoms with Gasteiger partial charge in [-0.2, -0.15) is 0 Å². The lowest BCUT2D eigenvalue weighted by atomic mass is 10.1. The van der Waals surface area contributed by atoms with E-state index in [4.69, 9.17) is 0 Å². The fourth-order valence-electron chi connectivity index (χ4n) is 1.42. The molecule has 1 aromatic rings. The lowest BCUT2D eigenvalue weighted by Gasteiger charge is -2.03. The third kappa shape index (κ3) is 0.934. The van der Waals surface area contributed by atoms with E-state index < -0.39 is 6.10 Å². The fraction of sp³-hybridized carbons (Fsp3) is 0.222. The van der Waals surface area contributed by atoms with Crippen LogP contribution in [0.4, 0.5) is 0 Å². The minimum absolute atomic E-state index is 0.188. The van der Waals surface area contributed by atoms with Gasteiger partial charge in [-0.1, -0.05) is 40.2 Å². The molecule has 0 amide bonds. The van der Waals surface area contributed by atoms with Gasteiger partial charge in [0.25, 0.3) is 0 Å². The zero-order chi connectivity index (χ0) is 8.72. The summed E-state index contributed by atoms with van der Waals surface area (Å²) in [6, 6.07) is 7.25. The Morgan fingerprint density at radius 3 is 2.67 bits per heavy atom. The molecule has 0 saturated heterocycles. The lowest BCUT2D eigenvalue weighted by Crippen LogP contribution is -2.15. The Labute approximate surface area is 78.3 Å². The Balaban J connectivity index is 2.59. The summed E-state index contributed by atoms with van der Waals surface area (Å²) in [5, 5.41) is 9.39. The first-order valence-electron chi connectivity index (χ1n) is 3.67. The Kier molecular flexibility index (Phi) is 1.77. The molecule has 0 heterocycles. The zero-order valence-corrected chi connectivity index (χ0v) is 7.78. The lowest BCUT2D eigenvalue weighted by molar-refractivity contribution is 0.0778. The number of carbonyl (C=O) groups excluding carboxylic acids is 1. The number of hydrogen-bond donors (Lipinski definition) is 1. The number of Topliss-reactive ketones (excluding diaryl/α,β-unsaturated/α-hetero) is 1. The molecule has 0 radical (unpaired) electrons. The van der Waals surface area contributed by atoms with Gasteiger partial charge in [0.15, 0.2) is 5.78 Å². The topological polar surface area (TPSA) is 37.3 Å². The van der Waals surface area contributed by atoms with Crippen molar-refractivity contribution in [3.05, 3.63) is 35.4 Å². The van der Waals surface area contributed by atoms with Crippen LogP contribution in [0.25, 0.3) is 0 Å². The molecule has 1 N–H and O–H groups in total. The first kappa shape index (κ1) is 7.95.